The number of amides is 1. The third kappa shape index (κ3) is 4.78. The van der Waals surface area contributed by atoms with Crippen molar-refractivity contribution in [1.29, 1.82) is 0 Å². The van der Waals surface area contributed by atoms with E-state index in [4.69, 9.17) is 5.11 Å². The second kappa shape index (κ2) is 7.62. The molecular formula is C15H26N2O3. The number of nitrogens with one attached hydrogen (secondary N) is 1. The summed E-state index contributed by atoms with van der Waals surface area (Å²) in [5, 5.41) is 11.9. The summed E-state index contributed by atoms with van der Waals surface area (Å²) >= 11 is 0. The lowest BCUT2D eigenvalue weighted by atomic mass is 10.2. The molecule has 114 valence electrons. The molecule has 2 N–H and O–H groups in total. The molecular weight excluding hydrogens is 256 g/mol. The molecule has 2 fully saturated rings. The van der Waals surface area contributed by atoms with Crippen LogP contribution in [0.2, 0.25) is 0 Å². The van der Waals surface area contributed by atoms with Crippen molar-refractivity contribution in [3.05, 3.63) is 0 Å². The van der Waals surface area contributed by atoms with Crippen LogP contribution < -0.4 is 5.32 Å². The largest absolute Gasteiger partial charge is 0.481 e. The van der Waals surface area contributed by atoms with E-state index in [9.17, 15) is 9.59 Å². The summed E-state index contributed by atoms with van der Waals surface area (Å²) in [5.74, 6) is -0.724. The van der Waals surface area contributed by atoms with E-state index in [1.807, 2.05) is 0 Å². The number of carbonyl (C=O) groups is 2. The first-order valence-corrected chi connectivity index (χ1v) is 7.90. The van der Waals surface area contributed by atoms with Gasteiger partial charge < -0.3 is 10.4 Å². The molecule has 2 aliphatic carbocycles. The van der Waals surface area contributed by atoms with Gasteiger partial charge in [-0.3, -0.25) is 14.5 Å². The number of hydrogen-bond acceptors (Lipinski definition) is 3. The normalized spacial score (nSPS) is 20.6. The maximum atomic E-state index is 12.1. The molecule has 0 aromatic carbocycles. The molecule has 20 heavy (non-hydrogen) atoms. The van der Waals surface area contributed by atoms with E-state index in [2.05, 4.69) is 10.2 Å². The van der Waals surface area contributed by atoms with Gasteiger partial charge in [0, 0.05) is 18.6 Å². The Balaban J connectivity index is 1.81. The van der Waals surface area contributed by atoms with Gasteiger partial charge in [-0.1, -0.05) is 25.7 Å². The Labute approximate surface area is 120 Å². The fourth-order valence-corrected chi connectivity index (χ4v) is 3.43. The van der Waals surface area contributed by atoms with Gasteiger partial charge in [0.05, 0.1) is 13.0 Å². The minimum atomic E-state index is -0.788. The number of carboxylic acid groups (broad SMARTS) is 1. The van der Waals surface area contributed by atoms with Crippen molar-refractivity contribution >= 4 is 11.9 Å². The van der Waals surface area contributed by atoms with Crippen LogP contribution in [0, 0.1) is 0 Å². The average molecular weight is 282 g/mol. The second-order valence-electron chi connectivity index (χ2n) is 6.10. The Morgan fingerprint density at radius 3 is 2.25 bits per heavy atom. The van der Waals surface area contributed by atoms with Crippen LogP contribution in [0.1, 0.15) is 57.8 Å². The van der Waals surface area contributed by atoms with Crippen molar-refractivity contribution in [1.82, 2.24) is 10.2 Å². The molecule has 2 aliphatic rings. The first kappa shape index (κ1) is 15.3. The van der Waals surface area contributed by atoms with E-state index in [1.165, 1.54) is 25.7 Å². The van der Waals surface area contributed by atoms with Crippen molar-refractivity contribution in [2.45, 2.75) is 69.9 Å². The van der Waals surface area contributed by atoms with Crippen molar-refractivity contribution in [3.63, 3.8) is 0 Å². The quantitative estimate of drug-likeness (QED) is 0.746. The SMILES string of the molecule is O=C(O)CCN(CC(=O)NC1CCCC1)C1CCCC1. The maximum absolute atomic E-state index is 12.1. The van der Waals surface area contributed by atoms with Crippen LogP contribution in [-0.2, 0) is 9.59 Å². The van der Waals surface area contributed by atoms with Gasteiger partial charge >= 0.3 is 5.97 Å². The highest BCUT2D eigenvalue weighted by Gasteiger charge is 2.26. The summed E-state index contributed by atoms with van der Waals surface area (Å²) in [7, 11) is 0. The number of nitrogens with zero attached hydrogens (tertiary/aromatic N) is 1. The molecule has 0 aromatic rings. The van der Waals surface area contributed by atoms with Crippen LogP contribution in [-0.4, -0.2) is 47.1 Å². The van der Waals surface area contributed by atoms with Gasteiger partial charge in [0.2, 0.25) is 5.91 Å². The lowest BCUT2D eigenvalue weighted by molar-refractivity contribution is -0.138. The van der Waals surface area contributed by atoms with Gasteiger partial charge in [-0.15, -0.1) is 0 Å². The average Bonchev–Trinajstić information content (AvgIpc) is 3.06. The van der Waals surface area contributed by atoms with E-state index in [1.54, 1.807) is 0 Å². The van der Waals surface area contributed by atoms with Crippen molar-refractivity contribution in [2.24, 2.45) is 0 Å². The van der Waals surface area contributed by atoms with Crippen LogP contribution >= 0.6 is 0 Å². The molecule has 0 aromatic heterocycles. The van der Waals surface area contributed by atoms with E-state index in [-0.39, 0.29) is 12.3 Å². The highest BCUT2D eigenvalue weighted by Crippen LogP contribution is 2.23. The molecule has 5 nitrogen and oxygen atoms in total. The van der Waals surface area contributed by atoms with E-state index in [0.29, 0.717) is 25.2 Å². The van der Waals surface area contributed by atoms with Gasteiger partial charge in [-0.05, 0) is 25.7 Å². The molecule has 0 bridgehead atoms. The third-order valence-electron chi connectivity index (χ3n) is 4.52. The van der Waals surface area contributed by atoms with Crippen LogP contribution in [0.3, 0.4) is 0 Å². The number of hydrogen-bond donors (Lipinski definition) is 2. The monoisotopic (exact) mass is 282 g/mol. The van der Waals surface area contributed by atoms with Crippen molar-refractivity contribution < 1.29 is 14.7 Å². The molecule has 0 aliphatic heterocycles. The first-order chi connectivity index (χ1) is 9.65. The number of aliphatic carboxylic acids is 1. The molecule has 2 rings (SSSR count). The summed E-state index contributed by atoms with van der Waals surface area (Å²) in [6, 6.07) is 0.732. The smallest absolute Gasteiger partial charge is 0.304 e. The minimum absolute atomic E-state index is 0.0641. The molecule has 0 saturated heterocycles. The predicted octanol–water partition coefficient (Wildman–Crippen LogP) is 1.76. The summed E-state index contributed by atoms with van der Waals surface area (Å²) in [6.07, 6.45) is 9.28. The summed E-state index contributed by atoms with van der Waals surface area (Å²) in [4.78, 5) is 24.9. The van der Waals surface area contributed by atoms with Gasteiger partial charge in [0.1, 0.15) is 0 Å². The fourth-order valence-electron chi connectivity index (χ4n) is 3.43. The fraction of sp³-hybridized carbons (Fsp3) is 0.867. The zero-order chi connectivity index (χ0) is 14.4. The summed E-state index contributed by atoms with van der Waals surface area (Å²) in [6.45, 7) is 0.840. The Bertz CT molecular complexity index is 334. The standard InChI is InChI=1S/C15H26N2O3/c18-14(16-12-5-1-2-6-12)11-17(10-9-15(19)20)13-7-3-4-8-13/h12-13H,1-11H2,(H,16,18)(H,19,20). The predicted molar refractivity (Wildman–Crippen MR) is 76.5 cm³/mol. The molecule has 1 amide bonds. The lowest BCUT2D eigenvalue weighted by Crippen LogP contribution is -2.45. The second-order valence-corrected chi connectivity index (χ2v) is 6.10. The van der Waals surface area contributed by atoms with Gasteiger partial charge in [-0.25, -0.2) is 0 Å². The molecule has 5 heteroatoms. The summed E-state index contributed by atoms with van der Waals surface area (Å²) < 4.78 is 0. The van der Waals surface area contributed by atoms with Gasteiger partial charge in [0.15, 0.2) is 0 Å². The zero-order valence-corrected chi connectivity index (χ0v) is 12.1. The third-order valence-corrected chi connectivity index (χ3v) is 4.52. The topological polar surface area (TPSA) is 69.6 Å². The molecule has 0 unspecified atom stereocenters. The van der Waals surface area contributed by atoms with E-state index < -0.39 is 5.97 Å². The molecule has 0 radical (unpaired) electrons. The first-order valence-electron chi connectivity index (χ1n) is 7.90. The molecule has 0 heterocycles. The van der Waals surface area contributed by atoms with E-state index >= 15 is 0 Å². The number of rotatable bonds is 7. The highest BCUT2D eigenvalue weighted by atomic mass is 16.4. The van der Waals surface area contributed by atoms with Crippen LogP contribution in [0.15, 0.2) is 0 Å². The van der Waals surface area contributed by atoms with Crippen LogP contribution in [0.4, 0.5) is 0 Å². The van der Waals surface area contributed by atoms with Gasteiger partial charge in [0.25, 0.3) is 0 Å². The van der Waals surface area contributed by atoms with E-state index in [0.717, 1.165) is 25.7 Å². The maximum Gasteiger partial charge on any atom is 0.304 e. The Morgan fingerprint density at radius 1 is 1.05 bits per heavy atom. The Morgan fingerprint density at radius 2 is 1.65 bits per heavy atom. The minimum Gasteiger partial charge on any atom is -0.481 e. The van der Waals surface area contributed by atoms with Crippen LogP contribution in [0.5, 0.6) is 0 Å². The number of carbonyl (C=O) groups excluding carboxylic acids is 1. The lowest BCUT2D eigenvalue weighted by Gasteiger charge is -2.28. The van der Waals surface area contributed by atoms with Crippen LogP contribution in [0.25, 0.3) is 0 Å². The van der Waals surface area contributed by atoms with Gasteiger partial charge in [-0.2, -0.15) is 0 Å². The van der Waals surface area contributed by atoms with Crippen molar-refractivity contribution in [3.8, 4) is 0 Å². The summed E-state index contributed by atoms with van der Waals surface area (Å²) in [5.41, 5.74) is 0. The number of carboxylic acids is 1. The Kier molecular flexibility index (Phi) is 5.83. The highest BCUT2D eigenvalue weighted by molar-refractivity contribution is 5.78. The Hall–Kier alpha value is -1.10. The molecule has 2 saturated carbocycles. The van der Waals surface area contributed by atoms with Crippen molar-refractivity contribution in [2.75, 3.05) is 13.1 Å². The molecule has 0 spiro atoms. The zero-order valence-electron chi connectivity index (χ0n) is 12.1. The molecule has 0 atom stereocenters.